The topological polar surface area (TPSA) is 71.5 Å². The molecule has 2 aliphatic rings. The zero-order chi connectivity index (χ0) is 16.1. The number of aliphatic hydroxyl groups is 1. The highest BCUT2D eigenvalue weighted by atomic mass is 16.5. The molecule has 2 N–H and O–H groups in total. The van der Waals surface area contributed by atoms with Gasteiger partial charge in [-0.2, -0.15) is 0 Å². The second-order valence-electron chi connectivity index (χ2n) is 6.64. The monoisotopic (exact) mass is 318 g/mol. The summed E-state index contributed by atoms with van der Waals surface area (Å²) < 4.78 is 5.53. The fourth-order valence-corrected chi connectivity index (χ4v) is 3.80. The predicted octanol–water partition coefficient (Wildman–Crippen LogP) is 2.40. The van der Waals surface area contributed by atoms with Crippen LogP contribution in [0.2, 0.25) is 0 Å². The van der Waals surface area contributed by atoms with E-state index in [1.54, 1.807) is 6.20 Å². The van der Waals surface area contributed by atoms with Crippen LogP contribution in [0, 0.1) is 5.92 Å². The first kappa shape index (κ1) is 16.2. The number of aliphatic hydroxyl groups excluding tert-OH is 1. The van der Waals surface area contributed by atoms with Crippen molar-refractivity contribution in [2.24, 2.45) is 5.92 Å². The standard InChI is InChI=1S/C18H26N2O3/c21-12-16(13-6-3-1-2-4-7-13)20-17(22)14-9-11-23-18-15(14)8-5-10-19-18/h5,8,10,13-14,16,21H,1-4,6-7,9,11-12H2,(H,20,22). The Morgan fingerprint density at radius 1 is 1.30 bits per heavy atom. The van der Waals surface area contributed by atoms with Crippen LogP contribution in [0.3, 0.4) is 0 Å². The summed E-state index contributed by atoms with van der Waals surface area (Å²) in [7, 11) is 0. The summed E-state index contributed by atoms with van der Waals surface area (Å²) >= 11 is 0. The van der Waals surface area contributed by atoms with E-state index in [-0.39, 0.29) is 24.5 Å². The van der Waals surface area contributed by atoms with Crippen molar-refractivity contribution in [3.63, 3.8) is 0 Å². The van der Waals surface area contributed by atoms with Crippen LogP contribution in [0.1, 0.15) is 56.4 Å². The van der Waals surface area contributed by atoms with Gasteiger partial charge < -0.3 is 15.2 Å². The van der Waals surface area contributed by atoms with Crippen molar-refractivity contribution in [1.82, 2.24) is 10.3 Å². The van der Waals surface area contributed by atoms with Crippen LogP contribution in [0.4, 0.5) is 0 Å². The molecular formula is C18H26N2O3. The van der Waals surface area contributed by atoms with Crippen molar-refractivity contribution in [2.45, 2.75) is 56.9 Å². The van der Waals surface area contributed by atoms with Crippen molar-refractivity contribution in [3.05, 3.63) is 23.9 Å². The highest BCUT2D eigenvalue weighted by Crippen LogP contribution is 2.32. The van der Waals surface area contributed by atoms with Crippen LogP contribution in [0.5, 0.6) is 5.88 Å². The number of carbonyl (C=O) groups is 1. The normalized spacial score (nSPS) is 23.3. The maximum atomic E-state index is 12.8. The third-order valence-corrected chi connectivity index (χ3v) is 5.13. The van der Waals surface area contributed by atoms with Crippen molar-refractivity contribution >= 4 is 5.91 Å². The molecule has 23 heavy (non-hydrogen) atoms. The predicted molar refractivity (Wildman–Crippen MR) is 87.3 cm³/mol. The molecular weight excluding hydrogens is 292 g/mol. The first-order valence-electron chi connectivity index (χ1n) is 8.78. The second kappa shape index (κ2) is 7.77. The average molecular weight is 318 g/mol. The van der Waals surface area contributed by atoms with Crippen LogP contribution in [0.25, 0.3) is 0 Å². The lowest BCUT2D eigenvalue weighted by molar-refractivity contribution is -0.124. The summed E-state index contributed by atoms with van der Waals surface area (Å²) in [5, 5.41) is 12.9. The van der Waals surface area contributed by atoms with Gasteiger partial charge in [0.1, 0.15) is 0 Å². The number of amides is 1. The molecule has 1 aromatic heterocycles. The highest BCUT2D eigenvalue weighted by molar-refractivity contribution is 5.84. The number of hydrogen-bond acceptors (Lipinski definition) is 4. The van der Waals surface area contributed by atoms with E-state index >= 15 is 0 Å². The van der Waals surface area contributed by atoms with Crippen LogP contribution in [-0.4, -0.2) is 35.3 Å². The Bertz CT molecular complexity index is 527. The van der Waals surface area contributed by atoms with Gasteiger partial charge in [-0.1, -0.05) is 31.7 Å². The largest absolute Gasteiger partial charge is 0.477 e. The number of carbonyl (C=O) groups excluding carboxylic acids is 1. The molecule has 1 fully saturated rings. The maximum Gasteiger partial charge on any atom is 0.228 e. The SMILES string of the molecule is O=C(NC(CO)C1CCCCCC1)C1CCOc2ncccc21. The lowest BCUT2D eigenvalue weighted by atomic mass is 9.90. The molecule has 0 radical (unpaired) electrons. The van der Waals surface area contributed by atoms with E-state index in [9.17, 15) is 9.90 Å². The van der Waals surface area contributed by atoms with Crippen molar-refractivity contribution in [2.75, 3.05) is 13.2 Å². The molecule has 0 spiro atoms. The lowest BCUT2D eigenvalue weighted by Crippen LogP contribution is -2.45. The van der Waals surface area contributed by atoms with E-state index in [4.69, 9.17) is 4.74 Å². The van der Waals surface area contributed by atoms with Crippen molar-refractivity contribution < 1.29 is 14.6 Å². The third-order valence-electron chi connectivity index (χ3n) is 5.13. The average Bonchev–Trinajstić information content (AvgIpc) is 2.88. The molecule has 126 valence electrons. The Balaban J connectivity index is 1.68. The van der Waals surface area contributed by atoms with Crippen molar-refractivity contribution in [3.8, 4) is 5.88 Å². The van der Waals surface area contributed by atoms with E-state index in [0.29, 0.717) is 24.8 Å². The van der Waals surface area contributed by atoms with Crippen molar-refractivity contribution in [1.29, 1.82) is 0 Å². The van der Waals surface area contributed by atoms with Gasteiger partial charge in [0.2, 0.25) is 11.8 Å². The number of rotatable bonds is 4. The van der Waals surface area contributed by atoms with Gasteiger partial charge in [-0.25, -0.2) is 4.98 Å². The third kappa shape index (κ3) is 3.83. The van der Waals surface area contributed by atoms with Crippen LogP contribution in [0.15, 0.2) is 18.3 Å². The minimum Gasteiger partial charge on any atom is -0.477 e. The van der Waals surface area contributed by atoms with Gasteiger partial charge in [0.05, 0.1) is 25.2 Å². The molecule has 0 aromatic carbocycles. The van der Waals surface area contributed by atoms with E-state index in [1.165, 1.54) is 25.7 Å². The Morgan fingerprint density at radius 3 is 2.83 bits per heavy atom. The smallest absolute Gasteiger partial charge is 0.228 e. The Hall–Kier alpha value is -1.62. The molecule has 0 saturated heterocycles. The number of hydrogen-bond donors (Lipinski definition) is 2. The summed E-state index contributed by atoms with van der Waals surface area (Å²) in [5.41, 5.74) is 0.855. The van der Waals surface area contributed by atoms with Crippen LogP contribution < -0.4 is 10.1 Å². The van der Waals surface area contributed by atoms with Gasteiger partial charge in [-0.3, -0.25) is 4.79 Å². The Kier molecular flexibility index (Phi) is 5.49. The van der Waals surface area contributed by atoms with E-state index in [1.807, 2.05) is 12.1 Å². The highest BCUT2D eigenvalue weighted by Gasteiger charge is 2.31. The van der Waals surface area contributed by atoms with Gasteiger partial charge in [0, 0.05) is 11.8 Å². The summed E-state index contributed by atoms with van der Waals surface area (Å²) in [5.74, 6) is 0.715. The number of aromatic nitrogens is 1. The molecule has 2 atom stereocenters. The number of ether oxygens (including phenoxy) is 1. The quantitative estimate of drug-likeness (QED) is 0.836. The van der Waals surface area contributed by atoms with E-state index in [2.05, 4.69) is 10.3 Å². The van der Waals surface area contributed by atoms with Gasteiger partial charge in [-0.05, 0) is 31.2 Å². The zero-order valence-corrected chi connectivity index (χ0v) is 13.5. The fourth-order valence-electron chi connectivity index (χ4n) is 3.80. The fraction of sp³-hybridized carbons (Fsp3) is 0.667. The Morgan fingerprint density at radius 2 is 2.09 bits per heavy atom. The zero-order valence-electron chi connectivity index (χ0n) is 13.5. The number of pyridine rings is 1. The Labute approximate surface area is 137 Å². The van der Waals surface area contributed by atoms with E-state index in [0.717, 1.165) is 18.4 Å². The molecule has 1 aromatic rings. The first-order valence-corrected chi connectivity index (χ1v) is 8.78. The lowest BCUT2D eigenvalue weighted by Gasteiger charge is -2.29. The molecule has 2 heterocycles. The summed E-state index contributed by atoms with van der Waals surface area (Å²) in [6.07, 6.45) is 9.45. The summed E-state index contributed by atoms with van der Waals surface area (Å²) in [4.78, 5) is 17.0. The van der Waals surface area contributed by atoms with Crippen LogP contribution >= 0.6 is 0 Å². The molecule has 3 rings (SSSR count). The van der Waals surface area contributed by atoms with Gasteiger partial charge in [-0.15, -0.1) is 0 Å². The maximum absolute atomic E-state index is 12.8. The second-order valence-corrected chi connectivity index (χ2v) is 6.64. The molecule has 1 aliphatic heterocycles. The van der Waals surface area contributed by atoms with Gasteiger partial charge in [0.25, 0.3) is 0 Å². The number of nitrogens with one attached hydrogen (secondary N) is 1. The molecule has 5 heteroatoms. The molecule has 1 amide bonds. The first-order chi connectivity index (χ1) is 11.3. The molecule has 0 bridgehead atoms. The van der Waals surface area contributed by atoms with Gasteiger partial charge >= 0.3 is 0 Å². The minimum absolute atomic E-state index is 0.00848. The summed E-state index contributed by atoms with van der Waals surface area (Å²) in [6, 6.07) is 3.61. The number of fused-ring (bicyclic) bond motifs is 1. The molecule has 5 nitrogen and oxygen atoms in total. The van der Waals surface area contributed by atoms with E-state index < -0.39 is 0 Å². The molecule has 1 saturated carbocycles. The molecule has 2 unspecified atom stereocenters. The minimum atomic E-state index is -0.229. The molecule has 1 aliphatic carbocycles. The number of nitrogens with zero attached hydrogens (tertiary/aromatic N) is 1. The van der Waals surface area contributed by atoms with Gasteiger partial charge in [0.15, 0.2) is 0 Å². The summed E-state index contributed by atoms with van der Waals surface area (Å²) in [6.45, 7) is 0.523. The van der Waals surface area contributed by atoms with Crippen LogP contribution in [-0.2, 0) is 4.79 Å².